The van der Waals surface area contributed by atoms with Gasteiger partial charge in [0.25, 0.3) is 0 Å². The highest BCUT2D eigenvalue weighted by atomic mass is 79.9. The van der Waals surface area contributed by atoms with Crippen LogP contribution >= 0.6 is 15.9 Å². The number of hydrogen-bond acceptors (Lipinski definition) is 4. The SMILES string of the molecule is CCc1cnc(CNc2ccc(C#N)c(Br)c2F)o1. The third-order valence-corrected chi connectivity index (χ3v) is 3.36. The van der Waals surface area contributed by atoms with Crippen LogP contribution in [0.5, 0.6) is 0 Å². The van der Waals surface area contributed by atoms with Crippen LogP contribution in [0.15, 0.2) is 27.2 Å². The minimum absolute atomic E-state index is 0.154. The number of nitriles is 1. The van der Waals surface area contributed by atoms with Gasteiger partial charge in [0, 0.05) is 6.42 Å². The quantitative estimate of drug-likeness (QED) is 0.933. The summed E-state index contributed by atoms with van der Waals surface area (Å²) in [4.78, 5) is 4.07. The van der Waals surface area contributed by atoms with Crippen LogP contribution < -0.4 is 5.32 Å². The molecule has 2 aromatic rings. The topological polar surface area (TPSA) is 61.9 Å². The van der Waals surface area contributed by atoms with Crippen molar-refractivity contribution in [2.24, 2.45) is 0 Å². The van der Waals surface area contributed by atoms with Crippen molar-refractivity contribution in [2.45, 2.75) is 19.9 Å². The van der Waals surface area contributed by atoms with Crippen LogP contribution in [0, 0.1) is 17.1 Å². The lowest BCUT2D eigenvalue weighted by Gasteiger charge is -2.07. The summed E-state index contributed by atoms with van der Waals surface area (Å²) in [5.74, 6) is 0.788. The maximum Gasteiger partial charge on any atom is 0.213 e. The molecule has 0 amide bonds. The summed E-state index contributed by atoms with van der Waals surface area (Å²) < 4.78 is 19.5. The molecule has 4 nitrogen and oxygen atoms in total. The van der Waals surface area contributed by atoms with Crippen LogP contribution in [-0.4, -0.2) is 4.98 Å². The average Bonchev–Trinajstić information content (AvgIpc) is 2.88. The molecule has 6 heteroatoms. The number of aromatic nitrogens is 1. The van der Waals surface area contributed by atoms with Gasteiger partial charge in [-0.1, -0.05) is 6.92 Å². The van der Waals surface area contributed by atoms with Crippen LogP contribution in [0.3, 0.4) is 0 Å². The molecule has 0 atom stereocenters. The zero-order valence-electron chi connectivity index (χ0n) is 10.2. The van der Waals surface area contributed by atoms with E-state index in [2.05, 4.69) is 26.2 Å². The Labute approximate surface area is 118 Å². The van der Waals surface area contributed by atoms with E-state index in [1.54, 1.807) is 12.3 Å². The van der Waals surface area contributed by atoms with Gasteiger partial charge in [-0.05, 0) is 28.1 Å². The molecule has 0 spiro atoms. The highest BCUT2D eigenvalue weighted by Gasteiger charge is 2.11. The Morgan fingerprint density at radius 2 is 2.32 bits per heavy atom. The van der Waals surface area contributed by atoms with E-state index in [-0.39, 0.29) is 16.6 Å². The van der Waals surface area contributed by atoms with Crippen molar-refractivity contribution < 1.29 is 8.81 Å². The molecule has 1 aromatic carbocycles. The number of rotatable bonds is 4. The molecular formula is C13H11BrFN3O. The molecule has 0 aliphatic heterocycles. The molecule has 0 unspecified atom stereocenters. The molecule has 0 aliphatic carbocycles. The largest absolute Gasteiger partial charge is 0.444 e. The van der Waals surface area contributed by atoms with Gasteiger partial charge >= 0.3 is 0 Å². The average molecular weight is 324 g/mol. The zero-order chi connectivity index (χ0) is 13.8. The number of nitrogens with one attached hydrogen (secondary N) is 1. The molecule has 1 N–H and O–H groups in total. The molecule has 0 bridgehead atoms. The second-order valence-corrected chi connectivity index (χ2v) is 4.62. The Morgan fingerprint density at radius 1 is 1.53 bits per heavy atom. The van der Waals surface area contributed by atoms with E-state index in [0.717, 1.165) is 12.2 Å². The Morgan fingerprint density at radius 3 is 2.95 bits per heavy atom. The summed E-state index contributed by atoms with van der Waals surface area (Å²) in [5, 5.41) is 11.7. The summed E-state index contributed by atoms with van der Waals surface area (Å²) >= 11 is 3.06. The second kappa shape index (κ2) is 5.85. The molecule has 0 fully saturated rings. The van der Waals surface area contributed by atoms with Gasteiger partial charge in [0.05, 0.1) is 28.5 Å². The van der Waals surface area contributed by atoms with Crippen molar-refractivity contribution in [3.63, 3.8) is 0 Å². The summed E-state index contributed by atoms with van der Waals surface area (Å²) in [7, 11) is 0. The van der Waals surface area contributed by atoms with Crippen LogP contribution in [0.4, 0.5) is 10.1 Å². The van der Waals surface area contributed by atoms with Crippen LogP contribution in [-0.2, 0) is 13.0 Å². The highest BCUT2D eigenvalue weighted by molar-refractivity contribution is 9.10. The fourth-order valence-electron chi connectivity index (χ4n) is 1.54. The maximum atomic E-state index is 13.9. The van der Waals surface area contributed by atoms with Crippen molar-refractivity contribution in [3.8, 4) is 6.07 Å². The van der Waals surface area contributed by atoms with Gasteiger partial charge in [-0.2, -0.15) is 5.26 Å². The van der Waals surface area contributed by atoms with Crippen molar-refractivity contribution >= 4 is 21.6 Å². The summed E-state index contributed by atoms with van der Waals surface area (Å²) in [6, 6.07) is 4.96. The lowest BCUT2D eigenvalue weighted by Crippen LogP contribution is -2.02. The fraction of sp³-hybridized carbons (Fsp3) is 0.231. The molecule has 2 rings (SSSR count). The number of oxazole rings is 1. The smallest absolute Gasteiger partial charge is 0.213 e. The van der Waals surface area contributed by atoms with Gasteiger partial charge in [0.2, 0.25) is 5.89 Å². The molecule has 1 heterocycles. The summed E-state index contributed by atoms with van der Waals surface area (Å²) in [6.07, 6.45) is 2.42. The second-order valence-electron chi connectivity index (χ2n) is 3.83. The molecule has 0 saturated heterocycles. The number of benzene rings is 1. The Balaban J connectivity index is 2.12. The maximum absolute atomic E-state index is 13.9. The molecular weight excluding hydrogens is 313 g/mol. The van der Waals surface area contributed by atoms with E-state index in [1.165, 1.54) is 6.07 Å². The Hall–Kier alpha value is -1.87. The predicted octanol–water partition coefficient (Wildman–Crippen LogP) is 3.62. The van der Waals surface area contributed by atoms with E-state index >= 15 is 0 Å². The van der Waals surface area contributed by atoms with Crippen LogP contribution in [0.1, 0.15) is 24.1 Å². The monoisotopic (exact) mass is 323 g/mol. The van der Waals surface area contributed by atoms with Crippen molar-refractivity contribution in [2.75, 3.05) is 5.32 Å². The Kier molecular flexibility index (Phi) is 4.17. The highest BCUT2D eigenvalue weighted by Crippen LogP contribution is 2.26. The normalized spacial score (nSPS) is 10.2. The first kappa shape index (κ1) is 13.6. The standard InChI is InChI=1S/C13H11BrFN3O/c1-2-9-6-18-11(19-9)7-17-10-4-3-8(5-16)12(14)13(10)15/h3-4,6,17H,2,7H2,1H3. The lowest BCUT2D eigenvalue weighted by molar-refractivity contribution is 0.465. The van der Waals surface area contributed by atoms with E-state index in [0.29, 0.717) is 11.6 Å². The van der Waals surface area contributed by atoms with E-state index < -0.39 is 5.82 Å². The van der Waals surface area contributed by atoms with Gasteiger partial charge in [-0.25, -0.2) is 9.37 Å². The third kappa shape index (κ3) is 2.93. The number of aryl methyl sites for hydroxylation is 1. The zero-order valence-corrected chi connectivity index (χ0v) is 11.8. The van der Waals surface area contributed by atoms with Crippen molar-refractivity contribution in [3.05, 3.63) is 45.8 Å². The van der Waals surface area contributed by atoms with E-state index in [4.69, 9.17) is 9.68 Å². The molecule has 0 saturated carbocycles. The third-order valence-electron chi connectivity index (χ3n) is 2.58. The summed E-state index contributed by atoms with van der Waals surface area (Å²) in [5.41, 5.74) is 0.551. The van der Waals surface area contributed by atoms with E-state index in [9.17, 15) is 4.39 Å². The number of anilines is 1. The minimum atomic E-state index is -0.499. The van der Waals surface area contributed by atoms with Gasteiger partial charge in [-0.15, -0.1) is 0 Å². The van der Waals surface area contributed by atoms with Crippen molar-refractivity contribution in [1.29, 1.82) is 5.26 Å². The Bertz CT molecular complexity index is 633. The first-order valence-electron chi connectivity index (χ1n) is 5.71. The molecule has 98 valence electrons. The molecule has 0 aliphatic rings. The summed E-state index contributed by atoms with van der Waals surface area (Å²) in [6.45, 7) is 2.25. The minimum Gasteiger partial charge on any atom is -0.444 e. The number of halogens is 2. The predicted molar refractivity (Wildman–Crippen MR) is 72.0 cm³/mol. The van der Waals surface area contributed by atoms with Crippen molar-refractivity contribution in [1.82, 2.24) is 4.98 Å². The first-order valence-corrected chi connectivity index (χ1v) is 6.50. The molecule has 0 radical (unpaired) electrons. The molecule has 1 aromatic heterocycles. The first-order chi connectivity index (χ1) is 9.15. The van der Waals surface area contributed by atoms with E-state index in [1.807, 2.05) is 13.0 Å². The molecule has 19 heavy (non-hydrogen) atoms. The van der Waals surface area contributed by atoms with Crippen LogP contribution in [0.2, 0.25) is 0 Å². The number of nitrogens with zero attached hydrogens (tertiary/aromatic N) is 2. The van der Waals surface area contributed by atoms with Gasteiger partial charge in [0.15, 0.2) is 5.82 Å². The van der Waals surface area contributed by atoms with Gasteiger partial charge in [0.1, 0.15) is 11.8 Å². The lowest BCUT2D eigenvalue weighted by atomic mass is 10.2. The van der Waals surface area contributed by atoms with Gasteiger partial charge < -0.3 is 9.73 Å². The van der Waals surface area contributed by atoms with Crippen LogP contribution in [0.25, 0.3) is 0 Å². The van der Waals surface area contributed by atoms with Gasteiger partial charge in [-0.3, -0.25) is 0 Å². The number of hydrogen-bond donors (Lipinski definition) is 1. The fourth-order valence-corrected chi connectivity index (χ4v) is 1.97.